The van der Waals surface area contributed by atoms with Gasteiger partial charge in [-0.2, -0.15) is 0 Å². The largest absolute Gasteiger partial charge is 0.496 e. The lowest BCUT2D eigenvalue weighted by atomic mass is 9.75. The molecule has 0 saturated carbocycles. The highest BCUT2D eigenvalue weighted by atomic mass is 35.5. The fourth-order valence-corrected chi connectivity index (χ4v) is 4.90. The summed E-state index contributed by atoms with van der Waals surface area (Å²) in [4.78, 5) is 17.5. The second-order valence-electron chi connectivity index (χ2n) is 9.33. The van der Waals surface area contributed by atoms with Gasteiger partial charge in [-0.25, -0.2) is 0 Å². The topological polar surface area (TPSA) is 58.8 Å². The van der Waals surface area contributed by atoms with Gasteiger partial charge in [-0.15, -0.1) is 12.4 Å². The van der Waals surface area contributed by atoms with Crippen molar-refractivity contribution in [1.82, 2.24) is 15.0 Å². The maximum absolute atomic E-state index is 13.5. The second-order valence-corrected chi connectivity index (χ2v) is 9.33. The molecule has 2 aromatic carbocycles. The van der Waals surface area contributed by atoms with Crippen LogP contribution in [0, 0.1) is 12.3 Å². The van der Waals surface area contributed by atoms with E-state index in [1.807, 2.05) is 50.5 Å². The highest BCUT2D eigenvalue weighted by Gasteiger charge is 2.44. The van der Waals surface area contributed by atoms with E-state index in [4.69, 9.17) is 9.26 Å². The molecule has 1 aliphatic rings. The third kappa shape index (κ3) is 5.62. The first-order valence-corrected chi connectivity index (χ1v) is 11.5. The fraction of sp³-hybridized carbons (Fsp3) is 0.407. The first-order valence-electron chi connectivity index (χ1n) is 11.5. The van der Waals surface area contributed by atoms with Crippen molar-refractivity contribution in [2.75, 3.05) is 34.3 Å². The van der Waals surface area contributed by atoms with Crippen LogP contribution in [-0.2, 0) is 17.8 Å². The third-order valence-corrected chi connectivity index (χ3v) is 6.52. The minimum atomic E-state index is -0.548. The van der Waals surface area contributed by atoms with E-state index in [2.05, 4.69) is 35.2 Å². The highest BCUT2D eigenvalue weighted by Crippen LogP contribution is 2.37. The van der Waals surface area contributed by atoms with Gasteiger partial charge >= 0.3 is 0 Å². The zero-order valence-electron chi connectivity index (χ0n) is 20.4. The van der Waals surface area contributed by atoms with Gasteiger partial charge in [0.15, 0.2) is 0 Å². The maximum atomic E-state index is 13.5. The Morgan fingerprint density at radius 3 is 2.62 bits per heavy atom. The number of carbonyl (C=O) groups is 1. The maximum Gasteiger partial charge on any atom is 0.230 e. The van der Waals surface area contributed by atoms with Gasteiger partial charge < -0.3 is 14.2 Å². The predicted molar refractivity (Wildman–Crippen MR) is 136 cm³/mol. The molecule has 3 aromatic rings. The summed E-state index contributed by atoms with van der Waals surface area (Å²) in [6.45, 7) is 4.43. The van der Waals surface area contributed by atoms with Crippen LogP contribution in [0.3, 0.4) is 0 Å². The van der Waals surface area contributed by atoms with E-state index in [1.54, 1.807) is 12.0 Å². The Kier molecular flexibility index (Phi) is 8.39. The normalized spacial score (nSPS) is 18.2. The van der Waals surface area contributed by atoms with E-state index in [-0.39, 0.29) is 18.3 Å². The van der Waals surface area contributed by atoms with Crippen LogP contribution in [0.5, 0.6) is 5.75 Å². The van der Waals surface area contributed by atoms with Gasteiger partial charge in [0.2, 0.25) is 5.91 Å². The zero-order valence-corrected chi connectivity index (χ0v) is 21.2. The lowest BCUT2D eigenvalue weighted by Crippen LogP contribution is -2.52. The SMILES string of the molecule is COc1ccccc1CN1CCCC(Cc2cc(-c3ccc(C)cc3)no2)(C(=O)N(C)C)C1.Cl. The average molecular weight is 484 g/mol. The van der Waals surface area contributed by atoms with Crippen molar-refractivity contribution in [2.45, 2.75) is 32.7 Å². The molecular formula is C27H34ClN3O3. The minimum absolute atomic E-state index is 0. The molecule has 182 valence electrons. The Hall–Kier alpha value is -2.83. The summed E-state index contributed by atoms with van der Waals surface area (Å²) in [6, 6.07) is 18.3. The van der Waals surface area contributed by atoms with Gasteiger partial charge in [0.25, 0.3) is 0 Å². The Labute approximate surface area is 208 Å². The Bertz CT molecular complexity index is 1100. The molecule has 0 aliphatic carbocycles. The third-order valence-electron chi connectivity index (χ3n) is 6.52. The number of ether oxygens (including phenoxy) is 1. The van der Waals surface area contributed by atoms with Crippen LogP contribution in [0.15, 0.2) is 59.1 Å². The van der Waals surface area contributed by atoms with Crippen molar-refractivity contribution in [2.24, 2.45) is 5.41 Å². The second kappa shape index (κ2) is 11.1. The number of hydrogen-bond donors (Lipinski definition) is 0. The lowest BCUT2D eigenvalue weighted by molar-refractivity contribution is -0.143. The molecule has 1 fully saturated rings. The van der Waals surface area contributed by atoms with E-state index in [0.29, 0.717) is 13.0 Å². The van der Waals surface area contributed by atoms with Crippen LogP contribution in [0.4, 0.5) is 0 Å². The number of nitrogens with zero attached hydrogens (tertiary/aromatic N) is 3. The molecule has 1 unspecified atom stereocenters. The molecule has 0 spiro atoms. The summed E-state index contributed by atoms with van der Waals surface area (Å²) >= 11 is 0. The van der Waals surface area contributed by atoms with Crippen LogP contribution in [0.25, 0.3) is 11.3 Å². The number of methoxy groups -OCH3 is 1. The van der Waals surface area contributed by atoms with E-state index in [9.17, 15) is 4.79 Å². The number of carbonyl (C=O) groups excluding carboxylic acids is 1. The first-order chi connectivity index (χ1) is 15.9. The molecule has 0 radical (unpaired) electrons. The minimum Gasteiger partial charge on any atom is -0.496 e. The van der Waals surface area contributed by atoms with Crippen LogP contribution < -0.4 is 4.74 Å². The Morgan fingerprint density at radius 1 is 1.18 bits per heavy atom. The van der Waals surface area contributed by atoms with Gasteiger partial charge in [-0.1, -0.05) is 53.2 Å². The zero-order chi connectivity index (χ0) is 23.4. The first kappa shape index (κ1) is 25.8. The smallest absolute Gasteiger partial charge is 0.230 e. The average Bonchev–Trinajstić information content (AvgIpc) is 3.27. The number of rotatable bonds is 7. The van der Waals surface area contributed by atoms with Crippen molar-refractivity contribution in [3.05, 3.63) is 71.5 Å². The summed E-state index contributed by atoms with van der Waals surface area (Å²) in [7, 11) is 5.37. The number of piperidine rings is 1. The van der Waals surface area contributed by atoms with Crippen molar-refractivity contribution >= 4 is 18.3 Å². The standard InChI is InChI=1S/C27H33N3O3.ClH/c1-20-10-12-21(13-11-20)24-16-23(33-28-24)17-27(26(31)29(2)3)14-7-15-30(19-27)18-22-8-5-6-9-25(22)32-4;/h5-6,8-13,16H,7,14-15,17-19H2,1-4H3;1H. The monoisotopic (exact) mass is 483 g/mol. The molecule has 6 nitrogen and oxygen atoms in total. The number of halogens is 1. The van der Waals surface area contributed by atoms with Gasteiger partial charge in [-0.05, 0) is 32.4 Å². The molecule has 0 bridgehead atoms. The predicted octanol–water partition coefficient (Wildman–Crippen LogP) is 4.99. The highest BCUT2D eigenvalue weighted by molar-refractivity contribution is 5.85. The summed E-state index contributed by atoms with van der Waals surface area (Å²) in [5.41, 5.74) is 3.61. The van der Waals surface area contributed by atoms with Gasteiger partial charge in [0.05, 0.1) is 12.5 Å². The van der Waals surface area contributed by atoms with Crippen molar-refractivity contribution < 1.29 is 14.1 Å². The molecule has 1 aliphatic heterocycles. The van der Waals surface area contributed by atoms with Gasteiger partial charge in [0, 0.05) is 50.8 Å². The van der Waals surface area contributed by atoms with Gasteiger partial charge in [-0.3, -0.25) is 9.69 Å². The van der Waals surface area contributed by atoms with E-state index in [1.165, 1.54) is 5.56 Å². The number of likely N-dealkylation sites (tertiary alicyclic amines) is 1. The summed E-state index contributed by atoms with van der Waals surface area (Å²) in [5.74, 6) is 1.77. The van der Waals surface area contributed by atoms with E-state index in [0.717, 1.165) is 54.3 Å². The molecule has 1 atom stereocenters. The lowest BCUT2D eigenvalue weighted by Gasteiger charge is -2.42. The molecule has 0 N–H and O–H groups in total. The van der Waals surface area contributed by atoms with Crippen LogP contribution >= 0.6 is 12.4 Å². The number of aromatic nitrogens is 1. The molecule has 1 saturated heterocycles. The quantitative estimate of drug-likeness (QED) is 0.473. The molecule has 1 amide bonds. The van der Waals surface area contributed by atoms with Crippen LogP contribution in [0.1, 0.15) is 29.7 Å². The molecule has 34 heavy (non-hydrogen) atoms. The summed E-state index contributed by atoms with van der Waals surface area (Å²) in [5, 5.41) is 4.30. The number of amides is 1. The van der Waals surface area contributed by atoms with Crippen molar-refractivity contribution in [3.63, 3.8) is 0 Å². The number of hydrogen-bond acceptors (Lipinski definition) is 5. The van der Waals surface area contributed by atoms with Crippen LogP contribution in [0.2, 0.25) is 0 Å². The van der Waals surface area contributed by atoms with Gasteiger partial charge in [0.1, 0.15) is 17.2 Å². The molecule has 4 rings (SSSR count). The van der Waals surface area contributed by atoms with E-state index >= 15 is 0 Å². The summed E-state index contributed by atoms with van der Waals surface area (Å²) < 4.78 is 11.3. The molecule has 2 heterocycles. The fourth-order valence-electron chi connectivity index (χ4n) is 4.90. The number of benzene rings is 2. The Morgan fingerprint density at radius 2 is 1.91 bits per heavy atom. The summed E-state index contributed by atoms with van der Waals surface area (Å²) in [6.07, 6.45) is 2.31. The van der Waals surface area contributed by atoms with Crippen molar-refractivity contribution in [1.29, 1.82) is 0 Å². The molecule has 1 aromatic heterocycles. The van der Waals surface area contributed by atoms with Crippen molar-refractivity contribution in [3.8, 4) is 17.0 Å². The number of para-hydroxylation sites is 1. The van der Waals surface area contributed by atoms with E-state index < -0.39 is 5.41 Å². The molecular weight excluding hydrogens is 450 g/mol. The van der Waals surface area contributed by atoms with Crippen LogP contribution in [-0.4, -0.2) is 55.2 Å². The Balaban J connectivity index is 0.00000324. The number of aryl methyl sites for hydroxylation is 1. The molecule has 7 heteroatoms.